The number of nitrogens with one attached hydrogen (secondary N) is 1. The highest BCUT2D eigenvalue weighted by atomic mass is 16.3. The van der Waals surface area contributed by atoms with Crippen LogP contribution in [0.3, 0.4) is 0 Å². The summed E-state index contributed by atoms with van der Waals surface area (Å²) in [6, 6.07) is 3.60. The number of furan rings is 1. The third-order valence-corrected chi connectivity index (χ3v) is 4.36. The summed E-state index contributed by atoms with van der Waals surface area (Å²) in [7, 11) is 1.54. The van der Waals surface area contributed by atoms with E-state index in [1.165, 1.54) is 17.8 Å². The molecule has 1 aliphatic rings. The van der Waals surface area contributed by atoms with Crippen molar-refractivity contribution in [1.82, 2.24) is 14.5 Å². The van der Waals surface area contributed by atoms with Gasteiger partial charge in [0.15, 0.2) is 5.78 Å². The molecular weight excluding hydrogens is 298 g/mol. The molecule has 1 aliphatic carbocycles. The van der Waals surface area contributed by atoms with Gasteiger partial charge in [-0.25, -0.2) is 9.78 Å². The Bertz CT molecular complexity index is 1040. The molecule has 0 unspecified atom stereocenters. The van der Waals surface area contributed by atoms with Gasteiger partial charge in [-0.1, -0.05) is 0 Å². The van der Waals surface area contributed by atoms with E-state index in [9.17, 15) is 14.4 Å². The van der Waals surface area contributed by atoms with E-state index >= 15 is 0 Å². The van der Waals surface area contributed by atoms with Crippen LogP contribution in [-0.4, -0.2) is 20.3 Å². The van der Waals surface area contributed by atoms with Gasteiger partial charge in [-0.2, -0.15) is 0 Å². The Morgan fingerprint density at radius 3 is 2.87 bits per heavy atom. The number of aryl methyl sites for hydroxylation is 1. The standard InChI is InChI=1S/C16H13N3O4/c1-19-14-13(15(21)18-16(19)22)9-5-8(12-3-2-4-23-12)6-11(20)10(9)7-17-14/h2-4,7-8H,5-6H2,1H3,(H,18,21,22)/t8-/m0/s1. The fraction of sp³-hybridized carbons (Fsp3) is 0.250. The number of aromatic amines is 1. The minimum atomic E-state index is -0.528. The first kappa shape index (κ1) is 13.7. The number of H-pyrrole nitrogens is 1. The molecule has 7 heteroatoms. The van der Waals surface area contributed by atoms with Crippen LogP contribution in [-0.2, 0) is 13.5 Å². The number of rotatable bonds is 1. The second-order valence-electron chi connectivity index (χ2n) is 5.71. The van der Waals surface area contributed by atoms with E-state index in [-0.39, 0.29) is 17.3 Å². The molecule has 0 amide bonds. The molecule has 1 atom stereocenters. The van der Waals surface area contributed by atoms with E-state index in [0.29, 0.717) is 29.4 Å². The Morgan fingerprint density at radius 1 is 1.30 bits per heavy atom. The Balaban J connectivity index is 2.01. The SMILES string of the molecule is Cn1c(=O)[nH]c(=O)c2c3c(cnc21)C(=O)C[C@@H](c1ccco1)C3. The maximum Gasteiger partial charge on any atom is 0.329 e. The first-order chi connectivity index (χ1) is 11.1. The highest BCUT2D eigenvalue weighted by molar-refractivity contribution is 6.02. The predicted molar refractivity (Wildman–Crippen MR) is 81.7 cm³/mol. The van der Waals surface area contributed by atoms with E-state index in [1.54, 1.807) is 12.3 Å². The highest BCUT2D eigenvalue weighted by Gasteiger charge is 2.30. The van der Waals surface area contributed by atoms with E-state index in [4.69, 9.17) is 4.42 Å². The largest absolute Gasteiger partial charge is 0.469 e. The quantitative estimate of drug-likeness (QED) is 0.726. The van der Waals surface area contributed by atoms with Crippen LogP contribution in [0.5, 0.6) is 0 Å². The van der Waals surface area contributed by atoms with E-state index in [2.05, 4.69) is 9.97 Å². The fourth-order valence-corrected chi connectivity index (χ4v) is 3.20. The average molecular weight is 311 g/mol. The number of ketones is 1. The first-order valence-corrected chi connectivity index (χ1v) is 7.23. The molecule has 3 aromatic heterocycles. The second kappa shape index (κ2) is 4.77. The lowest BCUT2D eigenvalue weighted by atomic mass is 9.81. The van der Waals surface area contributed by atoms with Crippen LogP contribution in [0.4, 0.5) is 0 Å². The van der Waals surface area contributed by atoms with Crippen molar-refractivity contribution < 1.29 is 9.21 Å². The van der Waals surface area contributed by atoms with Gasteiger partial charge in [-0.15, -0.1) is 0 Å². The van der Waals surface area contributed by atoms with Crippen LogP contribution in [0.2, 0.25) is 0 Å². The summed E-state index contributed by atoms with van der Waals surface area (Å²) in [6.07, 6.45) is 3.83. The number of aromatic nitrogens is 3. The molecule has 1 N–H and O–H groups in total. The van der Waals surface area contributed by atoms with Crippen molar-refractivity contribution in [1.29, 1.82) is 0 Å². The summed E-state index contributed by atoms with van der Waals surface area (Å²) in [5.74, 6) is 0.526. The number of nitrogens with zero attached hydrogens (tertiary/aromatic N) is 2. The number of carbonyl (C=O) groups excluding carboxylic acids is 1. The van der Waals surface area contributed by atoms with Gasteiger partial charge in [-0.3, -0.25) is 19.1 Å². The van der Waals surface area contributed by atoms with Gasteiger partial charge in [0.05, 0.1) is 11.6 Å². The fourth-order valence-electron chi connectivity index (χ4n) is 3.20. The number of pyridine rings is 1. The molecule has 0 radical (unpaired) electrons. The molecule has 7 nitrogen and oxygen atoms in total. The minimum Gasteiger partial charge on any atom is -0.469 e. The second-order valence-corrected chi connectivity index (χ2v) is 5.71. The van der Waals surface area contributed by atoms with Gasteiger partial charge in [0.2, 0.25) is 0 Å². The Hall–Kier alpha value is -2.96. The lowest BCUT2D eigenvalue weighted by molar-refractivity contribution is 0.0960. The molecule has 0 aliphatic heterocycles. The van der Waals surface area contributed by atoms with E-state index in [1.807, 2.05) is 6.07 Å². The van der Waals surface area contributed by atoms with Crippen molar-refractivity contribution in [3.8, 4) is 0 Å². The molecule has 3 aromatic rings. The summed E-state index contributed by atoms with van der Waals surface area (Å²) in [5.41, 5.74) is 0.319. The zero-order valence-corrected chi connectivity index (χ0v) is 12.3. The van der Waals surface area contributed by atoms with Gasteiger partial charge < -0.3 is 4.42 Å². The highest BCUT2D eigenvalue weighted by Crippen LogP contribution is 2.34. The molecule has 0 spiro atoms. The van der Waals surface area contributed by atoms with Gasteiger partial charge in [0.1, 0.15) is 11.4 Å². The minimum absolute atomic E-state index is 0.0738. The maximum atomic E-state index is 12.4. The Labute approximate surface area is 129 Å². The van der Waals surface area contributed by atoms with Crippen LogP contribution in [0, 0.1) is 0 Å². The zero-order chi connectivity index (χ0) is 16.1. The molecule has 116 valence electrons. The zero-order valence-electron chi connectivity index (χ0n) is 12.3. The topological polar surface area (TPSA) is 98.0 Å². The first-order valence-electron chi connectivity index (χ1n) is 7.23. The summed E-state index contributed by atoms with van der Waals surface area (Å²) < 4.78 is 6.69. The molecule has 0 bridgehead atoms. The van der Waals surface area contributed by atoms with Crippen LogP contribution >= 0.6 is 0 Å². The average Bonchev–Trinajstić information content (AvgIpc) is 3.06. The van der Waals surface area contributed by atoms with Crippen molar-refractivity contribution in [2.45, 2.75) is 18.8 Å². The number of hydrogen-bond acceptors (Lipinski definition) is 5. The molecule has 0 saturated heterocycles. The van der Waals surface area contributed by atoms with Gasteiger partial charge in [-0.05, 0) is 24.1 Å². The third kappa shape index (κ3) is 1.97. The molecule has 0 aromatic carbocycles. The van der Waals surface area contributed by atoms with Crippen molar-refractivity contribution in [3.63, 3.8) is 0 Å². The monoisotopic (exact) mass is 311 g/mol. The van der Waals surface area contributed by atoms with Crippen molar-refractivity contribution in [3.05, 3.63) is 62.3 Å². The van der Waals surface area contributed by atoms with Crippen molar-refractivity contribution >= 4 is 16.8 Å². The summed E-state index contributed by atoms with van der Waals surface area (Å²) >= 11 is 0. The molecule has 4 rings (SSSR count). The predicted octanol–water partition coefficient (Wildman–Crippen LogP) is 1.13. The van der Waals surface area contributed by atoms with Gasteiger partial charge >= 0.3 is 5.69 Å². The molecular formula is C16H13N3O4. The summed E-state index contributed by atoms with van der Waals surface area (Å²) in [6.45, 7) is 0. The number of fused-ring (bicyclic) bond motifs is 3. The van der Waals surface area contributed by atoms with Gasteiger partial charge in [0, 0.05) is 31.1 Å². The van der Waals surface area contributed by atoms with E-state index in [0.717, 1.165) is 5.76 Å². The molecule has 0 fully saturated rings. The Morgan fingerprint density at radius 2 is 2.13 bits per heavy atom. The molecule has 23 heavy (non-hydrogen) atoms. The van der Waals surface area contributed by atoms with Crippen LogP contribution < -0.4 is 11.2 Å². The van der Waals surface area contributed by atoms with Crippen molar-refractivity contribution in [2.75, 3.05) is 0 Å². The lowest BCUT2D eigenvalue weighted by Crippen LogP contribution is -2.31. The molecule has 0 saturated carbocycles. The summed E-state index contributed by atoms with van der Waals surface area (Å²) in [4.78, 5) is 42.9. The smallest absolute Gasteiger partial charge is 0.329 e. The Kier molecular flexibility index (Phi) is 2.84. The van der Waals surface area contributed by atoms with Crippen molar-refractivity contribution in [2.24, 2.45) is 7.05 Å². The van der Waals surface area contributed by atoms with Gasteiger partial charge in [0.25, 0.3) is 5.56 Å². The third-order valence-electron chi connectivity index (χ3n) is 4.36. The number of Topliss-reactive ketones (excluding diaryl/α,β-unsaturated/α-hetero) is 1. The number of carbonyl (C=O) groups is 1. The lowest BCUT2D eigenvalue weighted by Gasteiger charge is -2.23. The number of hydrogen-bond donors (Lipinski definition) is 1. The normalized spacial score (nSPS) is 17.4. The van der Waals surface area contributed by atoms with Crippen LogP contribution in [0.1, 0.15) is 34.0 Å². The summed E-state index contributed by atoms with van der Waals surface area (Å²) in [5, 5.41) is 0.300. The van der Waals surface area contributed by atoms with Crippen LogP contribution in [0.25, 0.3) is 11.0 Å². The molecule has 3 heterocycles. The van der Waals surface area contributed by atoms with Crippen LogP contribution in [0.15, 0.2) is 38.6 Å². The maximum absolute atomic E-state index is 12.4. The van der Waals surface area contributed by atoms with E-state index < -0.39 is 11.2 Å².